The Hall–Kier alpha value is 0.01000. The van der Waals surface area contributed by atoms with Crippen LogP contribution in [0.4, 0.5) is 0 Å². The molecule has 1 aliphatic rings. The molecule has 1 N–H and O–H groups in total. The van der Waals surface area contributed by atoms with Crippen molar-refractivity contribution in [2.45, 2.75) is 18.3 Å². The van der Waals surface area contributed by atoms with Crippen molar-refractivity contribution in [1.29, 1.82) is 0 Å². The molecule has 2 nitrogen and oxygen atoms in total. The first kappa shape index (κ1) is 7.12. The smallest absolute Gasteiger partial charge is 0.167 e. The molecule has 1 fully saturated rings. The molecule has 0 aliphatic carbocycles. The summed E-state index contributed by atoms with van der Waals surface area (Å²) in [6.07, 6.45) is 0.946. The summed E-state index contributed by atoms with van der Waals surface area (Å²) in [4.78, 5) is 3.75. The second-order valence-corrected chi connectivity index (χ2v) is 3.71. The molecule has 3 heteroatoms. The molecule has 52 valence electrons. The highest BCUT2D eigenvalue weighted by Crippen LogP contribution is 2.41. The van der Waals surface area contributed by atoms with Gasteiger partial charge in [0.15, 0.2) is 4.93 Å². The fourth-order valence-corrected chi connectivity index (χ4v) is 1.89. The van der Waals surface area contributed by atoms with Crippen molar-refractivity contribution in [2.75, 3.05) is 5.75 Å². The van der Waals surface area contributed by atoms with E-state index in [9.17, 15) is 0 Å². The molecule has 1 rings (SSSR count). The Balaban J connectivity index is 2.67. The molecule has 0 amide bonds. The van der Waals surface area contributed by atoms with E-state index in [1.54, 1.807) is 11.8 Å². The molecule has 1 aliphatic heterocycles. The van der Waals surface area contributed by atoms with E-state index in [1.165, 1.54) is 0 Å². The fraction of sp³-hybridized carbons (Fsp3) is 0.667. The fourth-order valence-electron chi connectivity index (χ4n) is 0.789. The molecule has 1 saturated heterocycles. The van der Waals surface area contributed by atoms with E-state index in [-0.39, 0.29) is 0 Å². The Morgan fingerprint density at radius 2 is 2.56 bits per heavy atom. The van der Waals surface area contributed by atoms with Gasteiger partial charge in [0, 0.05) is 5.75 Å². The van der Waals surface area contributed by atoms with Crippen molar-refractivity contribution >= 4 is 11.8 Å². The summed E-state index contributed by atoms with van der Waals surface area (Å²) < 4.78 is 0. The monoisotopic (exact) mass is 146 g/mol. The zero-order valence-corrected chi connectivity index (χ0v) is 6.20. The Bertz CT molecular complexity index is 135. The van der Waals surface area contributed by atoms with Gasteiger partial charge >= 0.3 is 0 Å². The summed E-state index contributed by atoms with van der Waals surface area (Å²) in [6, 6.07) is 0. The average molecular weight is 146 g/mol. The van der Waals surface area contributed by atoms with Gasteiger partial charge in [-0.2, -0.15) is 0 Å². The Morgan fingerprint density at radius 3 is 2.78 bits per heavy atom. The zero-order chi connectivity index (χ0) is 6.91. The molecule has 1 heterocycles. The van der Waals surface area contributed by atoms with Gasteiger partial charge in [0.25, 0.3) is 0 Å². The highest BCUT2D eigenvalue weighted by molar-refractivity contribution is 8.01. The lowest BCUT2D eigenvalue weighted by Gasteiger charge is -2.18. The maximum atomic E-state index is 8.41. The van der Waals surface area contributed by atoms with Gasteiger partial charge in [0.05, 0.1) is 0 Å². The first-order valence-corrected chi connectivity index (χ1v) is 3.82. The molecule has 0 saturated carbocycles. The Labute approximate surface area is 58.8 Å². The molecule has 0 spiro atoms. The summed E-state index contributed by atoms with van der Waals surface area (Å²) in [7, 11) is 0. The second kappa shape index (κ2) is 2.33. The summed E-state index contributed by atoms with van der Waals surface area (Å²) in [6.45, 7) is 5.60. The van der Waals surface area contributed by atoms with Crippen LogP contribution in [0.25, 0.3) is 0 Å². The minimum Gasteiger partial charge on any atom is -0.250 e. The van der Waals surface area contributed by atoms with E-state index >= 15 is 0 Å². The SMILES string of the molecule is C=C1CCSC1(C)OO. The van der Waals surface area contributed by atoms with Gasteiger partial charge in [0.2, 0.25) is 0 Å². The highest BCUT2D eigenvalue weighted by Gasteiger charge is 2.34. The van der Waals surface area contributed by atoms with Gasteiger partial charge < -0.3 is 0 Å². The third kappa shape index (κ3) is 1.13. The topological polar surface area (TPSA) is 29.5 Å². The van der Waals surface area contributed by atoms with Crippen molar-refractivity contribution in [3.05, 3.63) is 12.2 Å². The van der Waals surface area contributed by atoms with E-state index in [0.717, 1.165) is 17.7 Å². The van der Waals surface area contributed by atoms with E-state index < -0.39 is 4.93 Å². The molecular formula is C6H10O2S. The first-order chi connectivity index (χ1) is 4.19. The molecule has 1 atom stereocenters. The van der Waals surface area contributed by atoms with Crippen LogP contribution in [0.2, 0.25) is 0 Å². The van der Waals surface area contributed by atoms with Gasteiger partial charge in [0.1, 0.15) is 0 Å². The maximum Gasteiger partial charge on any atom is 0.167 e. The lowest BCUT2D eigenvalue weighted by atomic mass is 10.1. The quantitative estimate of drug-likeness (QED) is 0.348. The molecule has 1 unspecified atom stereocenters. The number of hydrogen-bond acceptors (Lipinski definition) is 3. The lowest BCUT2D eigenvalue weighted by molar-refractivity contribution is -0.275. The van der Waals surface area contributed by atoms with Gasteiger partial charge in [-0.25, -0.2) is 4.89 Å². The summed E-state index contributed by atoms with van der Waals surface area (Å²) in [5, 5.41) is 8.41. The molecule has 0 aromatic rings. The third-order valence-electron chi connectivity index (χ3n) is 1.60. The highest BCUT2D eigenvalue weighted by atomic mass is 32.2. The van der Waals surface area contributed by atoms with Crippen molar-refractivity contribution in [2.24, 2.45) is 0 Å². The molecule has 0 aromatic carbocycles. The van der Waals surface area contributed by atoms with Crippen LogP contribution in [0.1, 0.15) is 13.3 Å². The minimum absolute atomic E-state index is 0.528. The average Bonchev–Trinajstić information content (AvgIpc) is 2.15. The standard InChI is InChI=1S/C6H10O2S/c1-5-3-4-9-6(5,2)8-7/h7H,1,3-4H2,2H3. The van der Waals surface area contributed by atoms with Crippen LogP contribution < -0.4 is 0 Å². The summed E-state index contributed by atoms with van der Waals surface area (Å²) in [5.41, 5.74) is 0.968. The van der Waals surface area contributed by atoms with Crippen LogP contribution in [0.5, 0.6) is 0 Å². The molecule has 9 heavy (non-hydrogen) atoms. The normalized spacial score (nSPS) is 35.6. The van der Waals surface area contributed by atoms with E-state index in [2.05, 4.69) is 11.5 Å². The van der Waals surface area contributed by atoms with Crippen molar-refractivity contribution < 1.29 is 10.1 Å². The van der Waals surface area contributed by atoms with Crippen molar-refractivity contribution in [3.63, 3.8) is 0 Å². The Morgan fingerprint density at radius 1 is 1.89 bits per heavy atom. The van der Waals surface area contributed by atoms with Crippen LogP contribution >= 0.6 is 11.8 Å². The van der Waals surface area contributed by atoms with E-state index in [4.69, 9.17) is 5.26 Å². The largest absolute Gasteiger partial charge is 0.250 e. The van der Waals surface area contributed by atoms with Crippen LogP contribution in [-0.4, -0.2) is 15.9 Å². The zero-order valence-electron chi connectivity index (χ0n) is 5.39. The van der Waals surface area contributed by atoms with Crippen LogP contribution in [0.3, 0.4) is 0 Å². The van der Waals surface area contributed by atoms with Gasteiger partial charge in [-0.05, 0) is 18.9 Å². The lowest BCUT2D eigenvalue weighted by Crippen LogP contribution is -2.20. The van der Waals surface area contributed by atoms with Gasteiger partial charge in [-0.1, -0.05) is 6.58 Å². The van der Waals surface area contributed by atoms with E-state index in [1.807, 2.05) is 6.92 Å². The number of hydrogen-bond donors (Lipinski definition) is 1. The van der Waals surface area contributed by atoms with Gasteiger partial charge in [-0.3, -0.25) is 5.26 Å². The predicted octanol–water partition coefficient (Wildman–Crippen LogP) is 1.89. The molecule has 0 aromatic heterocycles. The summed E-state index contributed by atoms with van der Waals surface area (Å²) >= 11 is 1.58. The first-order valence-electron chi connectivity index (χ1n) is 2.84. The predicted molar refractivity (Wildman–Crippen MR) is 38.3 cm³/mol. The molecular weight excluding hydrogens is 136 g/mol. The van der Waals surface area contributed by atoms with Crippen LogP contribution in [-0.2, 0) is 4.89 Å². The summed E-state index contributed by atoms with van der Waals surface area (Å²) in [5.74, 6) is 0.996. The molecule has 0 radical (unpaired) electrons. The molecule has 0 bridgehead atoms. The second-order valence-electron chi connectivity index (χ2n) is 2.24. The number of rotatable bonds is 1. The third-order valence-corrected chi connectivity index (χ3v) is 2.92. The maximum absolute atomic E-state index is 8.41. The van der Waals surface area contributed by atoms with E-state index in [0.29, 0.717) is 0 Å². The number of thioether (sulfide) groups is 1. The van der Waals surface area contributed by atoms with Crippen molar-refractivity contribution in [3.8, 4) is 0 Å². The van der Waals surface area contributed by atoms with Crippen molar-refractivity contribution in [1.82, 2.24) is 0 Å². The minimum atomic E-state index is -0.528. The van der Waals surface area contributed by atoms with Crippen LogP contribution in [0.15, 0.2) is 12.2 Å². The van der Waals surface area contributed by atoms with Crippen LogP contribution in [0, 0.1) is 0 Å². The Kier molecular flexibility index (Phi) is 1.84. The van der Waals surface area contributed by atoms with Gasteiger partial charge in [-0.15, -0.1) is 11.8 Å².